The Balaban J connectivity index is 2.14. The molecule has 0 aromatic carbocycles. The van der Waals surface area contributed by atoms with Gasteiger partial charge in [-0.25, -0.2) is 0 Å². The predicted molar refractivity (Wildman–Crippen MR) is 53.7 cm³/mol. The van der Waals surface area contributed by atoms with E-state index in [9.17, 15) is 4.79 Å². The Labute approximate surface area is 86.8 Å². The maximum atomic E-state index is 10.4. The quantitative estimate of drug-likeness (QED) is 0.757. The first-order valence-electron chi connectivity index (χ1n) is 3.37. The maximum Gasteiger partial charge on any atom is 0.179 e. The molecule has 6 heteroatoms. The zero-order valence-corrected chi connectivity index (χ0v) is 8.79. The Hall–Kier alpha value is -0.720. The van der Waals surface area contributed by atoms with Crippen LogP contribution in [0.25, 0.3) is 0 Å². The molecular weight excluding hydrogens is 224 g/mol. The summed E-state index contributed by atoms with van der Waals surface area (Å²) >= 11 is 4.49. The standard InChI is InChI=1S/C7H4N2OS3/c10-3-5-1-2-6(12-5)13-7-9-8-4-11-7/h1-4H. The number of aromatic nitrogens is 2. The fourth-order valence-corrected chi connectivity index (χ4v) is 3.41. The van der Waals surface area contributed by atoms with Crippen molar-refractivity contribution in [1.29, 1.82) is 0 Å². The highest BCUT2D eigenvalue weighted by atomic mass is 32.2. The number of aldehydes is 1. The molecule has 0 unspecified atom stereocenters. The molecule has 3 nitrogen and oxygen atoms in total. The van der Waals surface area contributed by atoms with Crippen molar-refractivity contribution in [2.45, 2.75) is 8.55 Å². The Morgan fingerprint density at radius 2 is 2.38 bits per heavy atom. The van der Waals surface area contributed by atoms with Crippen LogP contribution >= 0.6 is 34.4 Å². The van der Waals surface area contributed by atoms with Gasteiger partial charge in [0.1, 0.15) is 5.51 Å². The van der Waals surface area contributed by atoms with Gasteiger partial charge >= 0.3 is 0 Å². The number of nitrogens with zero attached hydrogens (tertiary/aromatic N) is 2. The minimum absolute atomic E-state index is 0.743. The number of carbonyl (C=O) groups is 1. The zero-order valence-electron chi connectivity index (χ0n) is 6.34. The van der Waals surface area contributed by atoms with Gasteiger partial charge in [0.15, 0.2) is 10.6 Å². The number of hydrogen-bond acceptors (Lipinski definition) is 6. The van der Waals surface area contributed by atoms with Crippen molar-refractivity contribution in [2.75, 3.05) is 0 Å². The third kappa shape index (κ3) is 2.15. The fraction of sp³-hybridized carbons (Fsp3) is 0. The van der Waals surface area contributed by atoms with E-state index in [2.05, 4.69) is 10.2 Å². The normalized spacial score (nSPS) is 10.2. The summed E-state index contributed by atoms with van der Waals surface area (Å²) in [7, 11) is 0. The summed E-state index contributed by atoms with van der Waals surface area (Å²) in [5.41, 5.74) is 1.69. The van der Waals surface area contributed by atoms with Gasteiger partial charge in [-0.3, -0.25) is 4.79 Å². The van der Waals surface area contributed by atoms with Gasteiger partial charge in [0, 0.05) is 0 Å². The molecule has 0 spiro atoms. The largest absolute Gasteiger partial charge is 0.297 e. The third-order valence-electron chi connectivity index (χ3n) is 1.25. The van der Waals surface area contributed by atoms with E-state index in [1.54, 1.807) is 11.6 Å². The molecule has 13 heavy (non-hydrogen) atoms. The minimum atomic E-state index is 0.743. The van der Waals surface area contributed by atoms with Crippen LogP contribution in [0.15, 0.2) is 26.2 Å². The molecule has 0 bridgehead atoms. The van der Waals surface area contributed by atoms with Gasteiger partial charge in [-0.1, -0.05) is 11.3 Å². The molecule has 0 saturated carbocycles. The minimum Gasteiger partial charge on any atom is -0.297 e. The van der Waals surface area contributed by atoms with E-state index >= 15 is 0 Å². The van der Waals surface area contributed by atoms with Crippen LogP contribution in [0.4, 0.5) is 0 Å². The Morgan fingerprint density at radius 3 is 3.00 bits per heavy atom. The highest BCUT2D eigenvalue weighted by Gasteiger charge is 2.03. The fourth-order valence-electron chi connectivity index (χ4n) is 0.746. The molecule has 0 radical (unpaired) electrons. The predicted octanol–water partition coefficient (Wildman–Crippen LogP) is 2.56. The topological polar surface area (TPSA) is 42.9 Å². The van der Waals surface area contributed by atoms with Crippen LogP contribution in [0.3, 0.4) is 0 Å². The second-order valence-corrected chi connectivity index (χ2v) is 5.58. The average molecular weight is 228 g/mol. The van der Waals surface area contributed by atoms with E-state index in [-0.39, 0.29) is 0 Å². The van der Waals surface area contributed by atoms with Gasteiger partial charge in [0.05, 0.1) is 9.09 Å². The van der Waals surface area contributed by atoms with E-state index in [0.717, 1.165) is 19.7 Å². The van der Waals surface area contributed by atoms with Crippen LogP contribution in [-0.4, -0.2) is 16.5 Å². The van der Waals surface area contributed by atoms with Gasteiger partial charge in [-0.15, -0.1) is 21.5 Å². The molecule has 0 aliphatic rings. The molecule has 0 aliphatic carbocycles. The highest BCUT2D eigenvalue weighted by Crippen LogP contribution is 2.33. The van der Waals surface area contributed by atoms with Crippen molar-refractivity contribution >= 4 is 40.7 Å². The second kappa shape index (κ2) is 3.99. The number of thiophene rings is 1. The Morgan fingerprint density at radius 1 is 1.46 bits per heavy atom. The summed E-state index contributed by atoms with van der Waals surface area (Å²) in [6, 6.07) is 3.72. The van der Waals surface area contributed by atoms with Crippen LogP contribution in [0.1, 0.15) is 9.67 Å². The first kappa shape index (κ1) is 8.86. The lowest BCUT2D eigenvalue weighted by Gasteiger charge is -1.87. The molecule has 0 fully saturated rings. The lowest BCUT2D eigenvalue weighted by atomic mass is 10.5. The Bertz CT molecular complexity index is 396. The average Bonchev–Trinajstić information content (AvgIpc) is 2.76. The van der Waals surface area contributed by atoms with Gasteiger partial charge in [-0.05, 0) is 23.9 Å². The summed E-state index contributed by atoms with van der Waals surface area (Å²) in [6.07, 6.45) is 0.856. The Kier molecular flexibility index (Phi) is 2.72. The number of hydrogen-bond donors (Lipinski definition) is 0. The second-order valence-electron chi connectivity index (χ2n) is 2.08. The molecule has 2 aromatic rings. The summed E-state index contributed by atoms with van der Waals surface area (Å²) in [4.78, 5) is 11.1. The molecule has 2 rings (SSSR count). The van der Waals surface area contributed by atoms with E-state index in [0.29, 0.717) is 0 Å². The molecule has 2 aromatic heterocycles. The summed E-state index contributed by atoms with van der Waals surface area (Å²) in [5.74, 6) is 0. The molecule has 2 heterocycles. The van der Waals surface area contributed by atoms with E-state index in [1.807, 2.05) is 6.07 Å². The van der Waals surface area contributed by atoms with Crippen LogP contribution in [0.5, 0.6) is 0 Å². The molecule has 0 amide bonds. The number of rotatable bonds is 3. The first-order valence-corrected chi connectivity index (χ1v) is 5.89. The zero-order chi connectivity index (χ0) is 9.10. The third-order valence-corrected chi connectivity index (χ3v) is 4.17. The van der Waals surface area contributed by atoms with Crippen molar-refractivity contribution in [1.82, 2.24) is 10.2 Å². The van der Waals surface area contributed by atoms with Crippen molar-refractivity contribution < 1.29 is 4.79 Å². The molecule has 0 N–H and O–H groups in total. The van der Waals surface area contributed by atoms with Crippen LogP contribution in [0.2, 0.25) is 0 Å². The van der Waals surface area contributed by atoms with Gasteiger partial charge in [0.2, 0.25) is 0 Å². The van der Waals surface area contributed by atoms with Crippen molar-refractivity contribution in [3.8, 4) is 0 Å². The van der Waals surface area contributed by atoms with E-state index < -0.39 is 0 Å². The van der Waals surface area contributed by atoms with Crippen molar-refractivity contribution in [3.63, 3.8) is 0 Å². The summed E-state index contributed by atoms with van der Waals surface area (Å²) in [5, 5.41) is 7.62. The van der Waals surface area contributed by atoms with Crippen LogP contribution < -0.4 is 0 Å². The molecule has 0 atom stereocenters. The maximum absolute atomic E-state index is 10.4. The number of carbonyl (C=O) groups excluding carboxylic acids is 1. The van der Waals surface area contributed by atoms with Gasteiger partial charge in [-0.2, -0.15) is 0 Å². The molecule has 66 valence electrons. The van der Waals surface area contributed by atoms with Crippen LogP contribution in [0, 0.1) is 0 Å². The highest BCUT2D eigenvalue weighted by molar-refractivity contribution is 8.02. The van der Waals surface area contributed by atoms with Crippen LogP contribution in [-0.2, 0) is 0 Å². The smallest absolute Gasteiger partial charge is 0.179 e. The molecule has 0 saturated heterocycles. The molecular formula is C7H4N2OS3. The monoisotopic (exact) mass is 228 g/mol. The van der Waals surface area contributed by atoms with Gasteiger partial charge in [0.25, 0.3) is 0 Å². The first-order chi connectivity index (χ1) is 6.38. The van der Waals surface area contributed by atoms with E-state index in [4.69, 9.17) is 0 Å². The van der Waals surface area contributed by atoms with Crippen molar-refractivity contribution in [2.24, 2.45) is 0 Å². The summed E-state index contributed by atoms with van der Waals surface area (Å²) < 4.78 is 1.97. The lowest BCUT2D eigenvalue weighted by Crippen LogP contribution is -1.67. The molecule has 0 aliphatic heterocycles. The lowest BCUT2D eigenvalue weighted by molar-refractivity contribution is 0.112. The van der Waals surface area contributed by atoms with E-state index in [1.165, 1.54) is 34.4 Å². The summed E-state index contributed by atoms with van der Waals surface area (Å²) in [6.45, 7) is 0. The van der Waals surface area contributed by atoms with Gasteiger partial charge < -0.3 is 0 Å². The van der Waals surface area contributed by atoms with Crippen molar-refractivity contribution in [3.05, 3.63) is 22.5 Å². The SMILES string of the molecule is O=Cc1ccc(Sc2nncs2)s1.